The molecule has 1 saturated heterocycles. The molecule has 6 heteroatoms. The molecule has 1 heterocycles. The van der Waals surface area contributed by atoms with Gasteiger partial charge in [0.25, 0.3) is 0 Å². The van der Waals surface area contributed by atoms with Crippen LogP contribution in [0.2, 0.25) is 0 Å². The van der Waals surface area contributed by atoms with Crippen LogP contribution in [0.3, 0.4) is 0 Å². The van der Waals surface area contributed by atoms with Crippen molar-refractivity contribution in [1.82, 2.24) is 5.32 Å². The molecule has 31 heavy (non-hydrogen) atoms. The number of nitrogens with zero attached hydrogens (tertiary/aromatic N) is 1. The van der Waals surface area contributed by atoms with Gasteiger partial charge in [-0.25, -0.2) is 0 Å². The topological polar surface area (TPSA) is 67.9 Å². The van der Waals surface area contributed by atoms with Crippen molar-refractivity contribution in [2.75, 3.05) is 25.7 Å². The molecule has 166 valence electrons. The van der Waals surface area contributed by atoms with Crippen LogP contribution in [-0.2, 0) is 9.59 Å². The molecule has 2 aromatic rings. The molecule has 2 amide bonds. The number of anilines is 1. The van der Waals surface area contributed by atoms with Gasteiger partial charge in [0.2, 0.25) is 11.8 Å². The van der Waals surface area contributed by atoms with Crippen molar-refractivity contribution in [1.29, 1.82) is 0 Å². The van der Waals surface area contributed by atoms with Gasteiger partial charge < -0.3 is 19.7 Å². The molecule has 6 nitrogen and oxygen atoms in total. The summed E-state index contributed by atoms with van der Waals surface area (Å²) >= 11 is 0. The van der Waals surface area contributed by atoms with Crippen LogP contribution in [0.15, 0.2) is 48.5 Å². The van der Waals surface area contributed by atoms with Crippen molar-refractivity contribution >= 4 is 17.5 Å². The fourth-order valence-corrected chi connectivity index (χ4v) is 4.01. The summed E-state index contributed by atoms with van der Waals surface area (Å²) in [4.78, 5) is 28.0. The maximum Gasteiger partial charge on any atom is 0.227 e. The summed E-state index contributed by atoms with van der Waals surface area (Å²) in [5, 5.41) is 3.09. The molecule has 3 rings (SSSR count). The normalized spacial score (nSPS) is 18.7. The van der Waals surface area contributed by atoms with Crippen molar-refractivity contribution in [2.45, 2.75) is 39.2 Å². The second-order valence-corrected chi connectivity index (χ2v) is 8.30. The molecular weight excluding hydrogens is 392 g/mol. The monoisotopic (exact) mass is 424 g/mol. The summed E-state index contributed by atoms with van der Waals surface area (Å²) in [6.07, 6.45) is 1.78. The summed E-state index contributed by atoms with van der Waals surface area (Å²) in [7, 11) is 3.23. The Morgan fingerprint density at radius 1 is 1.03 bits per heavy atom. The molecular formula is C25H32N2O4. The van der Waals surface area contributed by atoms with Crippen molar-refractivity contribution < 1.29 is 19.1 Å². The van der Waals surface area contributed by atoms with E-state index in [1.807, 2.05) is 48.5 Å². The molecule has 2 atom stereocenters. The maximum absolute atomic E-state index is 13.2. The summed E-state index contributed by atoms with van der Waals surface area (Å²) in [6.45, 7) is 4.91. The number of carbonyl (C=O) groups is 2. The predicted molar refractivity (Wildman–Crippen MR) is 121 cm³/mol. The van der Waals surface area contributed by atoms with Crippen molar-refractivity contribution in [3.05, 3.63) is 54.1 Å². The summed E-state index contributed by atoms with van der Waals surface area (Å²) < 4.78 is 10.6. The number of ether oxygens (including phenoxy) is 2. The SMILES string of the molecule is COc1ccc(C2C(C(=O)NCCC(C)C)CCC(=O)N2c2ccc(OC)cc2)cc1. The Balaban J connectivity index is 1.96. The molecule has 1 aliphatic heterocycles. The maximum atomic E-state index is 13.2. The van der Waals surface area contributed by atoms with Crippen LogP contribution in [0.25, 0.3) is 0 Å². The Labute approximate surface area is 184 Å². The number of rotatable bonds is 8. The third kappa shape index (κ3) is 5.37. The van der Waals surface area contributed by atoms with Crippen molar-refractivity contribution in [3.63, 3.8) is 0 Å². The van der Waals surface area contributed by atoms with Gasteiger partial charge in [0.1, 0.15) is 11.5 Å². The highest BCUT2D eigenvalue weighted by atomic mass is 16.5. The molecule has 0 saturated carbocycles. The van der Waals surface area contributed by atoms with E-state index in [0.29, 0.717) is 25.3 Å². The van der Waals surface area contributed by atoms with Crippen LogP contribution >= 0.6 is 0 Å². The minimum absolute atomic E-state index is 0.00696. The predicted octanol–water partition coefficient (Wildman–Crippen LogP) is 4.35. The lowest BCUT2D eigenvalue weighted by atomic mass is 9.83. The van der Waals surface area contributed by atoms with E-state index < -0.39 is 0 Å². The van der Waals surface area contributed by atoms with Crippen LogP contribution in [0.4, 0.5) is 5.69 Å². The number of methoxy groups -OCH3 is 2. The molecule has 0 aliphatic carbocycles. The average Bonchev–Trinajstić information content (AvgIpc) is 2.78. The largest absolute Gasteiger partial charge is 0.497 e. The van der Waals surface area contributed by atoms with Crippen LogP contribution in [-0.4, -0.2) is 32.6 Å². The van der Waals surface area contributed by atoms with Gasteiger partial charge in [-0.3, -0.25) is 9.59 Å². The van der Waals surface area contributed by atoms with Crippen molar-refractivity contribution in [3.8, 4) is 11.5 Å². The Bertz CT molecular complexity index is 877. The molecule has 0 bridgehead atoms. The van der Waals surface area contributed by atoms with Crippen LogP contribution in [0.5, 0.6) is 11.5 Å². The second kappa shape index (κ2) is 10.3. The van der Waals surface area contributed by atoms with Gasteiger partial charge >= 0.3 is 0 Å². The van der Waals surface area contributed by atoms with Gasteiger partial charge in [0, 0.05) is 18.7 Å². The Kier molecular flexibility index (Phi) is 7.55. The number of benzene rings is 2. The van der Waals surface area contributed by atoms with E-state index in [4.69, 9.17) is 9.47 Å². The van der Waals surface area contributed by atoms with E-state index in [9.17, 15) is 9.59 Å². The lowest BCUT2D eigenvalue weighted by Crippen LogP contribution is -2.48. The van der Waals surface area contributed by atoms with E-state index in [1.54, 1.807) is 19.1 Å². The highest BCUT2D eigenvalue weighted by Gasteiger charge is 2.41. The zero-order valence-corrected chi connectivity index (χ0v) is 18.8. The van der Waals surface area contributed by atoms with E-state index >= 15 is 0 Å². The molecule has 0 radical (unpaired) electrons. The quantitative estimate of drug-likeness (QED) is 0.684. The van der Waals surface area contributed by atoms with Gasteiger partial charge in [-0.15, -0.1) is 0 Å². The fourth-order valence-electron chi connectivity index (χ4n) is 4.01. The first-order valence-electron chi connectivity index (χ1n) is 10.8. The molecule has 2 aromatic carbocycles. The molecule has 0 spiro atoms. The van der Waals surface area contributed by atoms with Crippen LogP contribution in [0.1, 0.15) is 44.7 Å². The summed E-state index contributed by atoms with van der Waals surface area (Å²) in [5.74, 6) is 1.64. The lowest BCUT2D eigenvalue weighted by molar-refractivity contribution is -0.129. The zero-order chi connectivity index (χ0) is 22.4. The number of nitrogens with one attached hydrogen (secondary N) is 1. The van der Waals surface area contributed by atoms with E-state index in [1.165, 1.54) is 0 Å². The summed E-state index contributed by atoms with van der Waals surface area (Å²) in [5.41, 5.74) is 1.67. The second-order valence-electron chi connectivity index (χ2n) is 8.30. The van der Waals surface area contributed by atoms with Crippen LogP contribution in [0, 0.1) is 11.8 Å². The average molecular weight is 425 g/mol. The first-order valence-corrected chi connectivity index (χ1v) is 10.8. The molecule has 1 fully saturated rings. The van der Waals surface area contributed by atoms with Gasteiger partial charge in [-0.1, -0.05) is 26.0 Å². The third-order valence-electron chi connectivity index (χ3n) is 5.76. The van der Waals surface area contributed by atoms with Crippen LogP contribution < -0.4 is 19.7 Å². The zero-order valence-electron chi connectivity index (χ0n) is 18.8. The smallest absolute Gasteiger partial charge is 0.227 e. The molecule has 0 aromatic heterocycles. The van der Waals surface area contributed by atoms with Gasteiger partial charge in [-0.2, -0.15) is 0 Å². The minimum Gasteiger partial charge on any atom is -0.497 e. The third-order valence-corrected chi connectivity index (χ3v) is 5.76. The molecule has 1 aliphatic rings. The van der Waals surface area contributed by atoms with Gasteiger partial charge in [-0.05, 0) is 60.7 Å². The number of piperidine rings is 1. The fraction of sp³-hybridized carbons (Fsp3) is 0.440. The standard InChI is InChI=1S/C25H32N2O4/c1-17(2)15-16-26-25(29)22-13-14-23(28)27(19-7-11-21(31-4)12-8-19)24(22)18-5-9-20(30-3)10-6-18/h5-12,17,22,24H,13-16H2,1-4H3,(H,26,29). The lowest BCUT2D eigenvalue weighted by Gasteiger charge is -2.41. The Morgan fingerprint density at radius 2 is 1.61 bits per heavy atom. The van der Waals surface area contributed by atoms with Gasteiger partial charge in [0.05, 0.1) is 26.2 Å². The molecule has 1 N–H and O–H groups in total. The number of hydrogen-bond donors (Lipinski definition) is 1. The molecule has 2 unspecified atom stereocenters. The first kappa shape index (κ1) is 22.7. The first-order chi connectivity index (χ1) is 14.9. The number of amides is 2. The van der Waals surface area contributed by atoms with Crippen molar-refractivity contribution in [2.24, 2.45) is 11.8 Å². The number of hydrogen-bond acceptors (Lipinski definition) is 4. The van der Waals surface area contributed by atoms with Gasteiger partial charge in [0.15, 0.2) is 0 Å². The number of carbonyl (C=O) groups excluding carboxylic acids is 2. The Morgan fingerprint density at radius 3 is 2.16 bits per heavy atom. The summed E-state index contributed by atoms with van der Waals surface area (Å²) in [6, 6.07) is 14.6. The highest BCUT2D eigenvalue weighted by Crippen LogP contribution is 2.40. The van der Waals surface area contributed by atoms with E-state index in [2.05, 4.69) is 19.2 Å². The highest BCUT2D eigenvalue weighted by molar-refractivity contribution is 5.97. The van der Waals surface area contributed by atoms with E-state index in [-0.39, 0.29) is 23.8 Å². The Hall–Kier alpha value is -3.02. The van der Waals surface area contributed by atoms with E-state index in [0.717, 1.165) is 29.2 Å². The minimum atomic E-state index is -0.389.